The SMILES string of the molecule is CCn1c(-c2cc3c(cc2Cl)C(=O)CC3)nc(C)c(NC(COC)COC)c1=O.CCn1c(-c2cc3c(cc2OC)C(=O)CC3)nc(C)c(NC(COC)COC)c1=O. The van der Waals surface area contributed by atoms with Gasteiger partial charge >= 0.3 is 0 Å². The molecule has 2 aliphatic carbocycles. The first-order valence-corrected chi connectivity index (χ1v) is 20.1. The van der Waals surface area contributed by atoms with Crippen LogP contribution in [0.4, 0.5) is 11.4 Å². The predicted molar refractivity (Wildman–Crippen MR) is 228 cm³/mol. The number of carbonyl (C=O) groups excluding carboxylic acids is 2. The average molecular weight is 835 g/mol. The molecule has 4 aromatic rings. The number of rotatable bonds is 17. The van der Waals surface area contributed by atoms with Gasteiger partial charge in [0.25, 0.3) is 11.1 Å². The monoisotopic (exact) mass is 834 g/mol. The van der Waals surface area contributed by atoms with Crippen molar-refractivity contribution in [2.24, 2.45) is 0 Å². The maximum atomic E-state index is 13.3. The number of nitrogens with one attached hydrogen (secondary N) is 2. The molecule has 15 nitrogen and oxygen atoms in total. The molecule has 0 saturated carbocycles. The molecular weight excluding hydrogens is 780 g/mol. The Morgan fingerprint density at radius 3 is 1.42 bits per heavy atom. The van der Waals surface area contributed by atoms with Crippen LogP contribution in [0, 0.1) is 13.8 Å². The van der Waals surface area contributed by atoms with Crippen LogP contribution in [-0.4, -0.2) is 105 Å². The van der Waals surface area contributed by atoms with Crippen molar-refractivity contribution in [3.8, 4) is 28.5 Å². The van der Waals surface area contributed by atoms with Crippen LogP contribution in [0.25, 0.3) is 22.8 Å². The van der Waals surface area contributed by atoms with E-state index >= 15 is 0 Å². The van der Waals surface area contributed by atoms with Crippen molar-refractivity contribution in [1.82, 2.24) is 19.1 Å². The zero-order chi connectivity index (χ0) is 43.0. The van der Waals surface area contributed by atoms with E-state index in [1.54, 1.807) is 70.7 Å². The van der Waals surface area contributed by atoms with Crippen molar-refractivity contribution in [2.45, 2.75) is 78.6 Å². The molecule has 2 N–H and O–H groups in total. The molecule has 2 aromatic heterocycles. The lowest BCUT2D eigenvalue weighted by Crippen LogP contribution is -2.35. The molecule has 0 unspecified atom stereocenters. The number of ketones is 2. The van der Waals surface area contributed by atoms with Crippen molar-refractivity contribution >= 4 is 34.5 Å². The van der Waals surface area contributed by atoms with Gasteiger partial charge in [-0.05, 0) is 75.9 Å². The molecule has 59 heavy (non-hydrogen) atoms. The first-order valence-electron chi connectivity index (χ1n) is 19.7. The minimum Gasteiger partial charge on any atom is -0.496 e. The van der Waals surface area contributed by atoms with Crippen LogP contribution in [0.15, 0.2) is 33.9 Å². The minimum atomic E-state index is -0.181. The fourth-order valence-corrected chi connectivity index (χ4v) is 7.83. The zero-order valence-corrected chi connectivity index (χ0v) is 36.1. The summed E-state index contributed by atoms with van der Waals surface area (Å²) in [6.07, 6.45) is 2.36. The van der Waals surface area contributed by atoms with Crippen LogP contribution in [0.2, 0.25) is 5.02 Å². The van der Waals surface area contributed by atoms with E-state index in [4.69, 9.17) is 45.3 Å². The van der Waals surface area contributed by atoms with Crippen LogP contribution in [0.5, 0.6) is 5.75 Å². The molecule has 0 aliphatic heterocycles. The topological polar surface area (TPSA) is 174 Å². The number of fused-ring (bicyclic) bond motifs is 2. The van der Waals surface area contributed by atoms with Gasteiger partial charge in [0.05, 0.1) is 67.6 Å². The summed E-state index contributed by atoms with van der Waals surface area (Å²) in [6.45, 7) is 9.82. The molecule has 16 heteroatoms. The Kier molecular flexibility index (Phi) is 15.6. The average Bonchev–Trinajstić information content (AvgIpc) is 3.77. The van der Waals surface area contributed by atoms with E-state index < -0.39 is 0 Å². The quantitative estimate of drug-likeness (QED) is 0.136. The number of aryl methyl sites for hydroxylation is 4. The fraction of sp³-hybridized carbons (Fsp3) is 0.488. The van der Waals surface area contributed by atoms with E-state index in [0.717, 1.165) is 11.1 Å². The standard InChI is InChI=1S/C22H29N3O5.C21H26ClN3O4/c1-6-25-21(17-9-14-7-8-18(26)16(14)10-19(17)30-5)23-13(2)20(22(25)27)24-15(11-28-3)12-29-4;1-5-25-20(16-8-13-6-7-18(26)15(13)9-17(16)22)23-12(2)19(21(25)27)24-14(10-28-3)11-29-4/h9-10,15,24H,6-8,11-12H2,1-5H3;8-9,14,24H,5-7,10-11H2,1-4H3. The molecule has 0 saturated heterocycles. The van der Waals surface area contributed by atoms with E-state index in [9.17, 15) is 19.2 Å². The molecule has 2 heterocycles. The summed E-state index contributed by atoms with van der Waals surface area (Å²) in [5.74, 6) is 1.79. The third-order valence-electron chi connectivity index (χ3n) is 10.4. The molecule has 0 spiro atoms. The second kappa shape index (κ2) is 20.4. The highest BCUT2D eigenvalue weighted by Crippen LogP contribution is 2.36. The van der Waals surface area contributed by atoms with Gasteiger partial charge in [-0.15, -0.1) is 0 Å². The number of anilines is 2. The highest BCUT2D eigenvalue weighted by Gasteiger charge is 2.27. The number of ether oxygens (including phenoxy) is 5. The third-order valence-corrected chi connectivity index (χ3v) is 10.8. The van der Waals surface area contributed by atoms with Gasteiger partial charge in [-0.1, -0.05) is 11.6 Å². The smallest absolute Gasteiger partial charge is 0.277 e. The second-order valence-electron chi connectivity index (χ2n) is 14.4. The van der Waals surface area contributed by atoms with E-state index in [1.165, 1.54) is 0 Å². The first-order chi connectivity index (χ1) is 28.3. The number of methoxy groups -OCH3 is 5. The highest BCUT2D eigenvalue weighted by molar-refractivity contribution is 6.33. The molecule has 2 aliphatic rings. The number of halogens is 1. The molecule has 2 aromatic carbocycles. The van der Waals surface area contributed by atoms with Crippen LogP contribution in [0.1, 0.15) is 69.9 Å². The summed E-state index contributed by atoms with van der Waals surface area (Å²) in [7, 11) is 7.97. The van der Waals surface area contributed by atoms with Crippen LogP contribution in [0.3, 0.4) is 0 Å². The largest absolute Gasteiger partial charge is 0.496 e. The molecule has 0 amide bonds. The van der Waals surface area contributed by atoms with Crippen LogP contribution >= 0.6 is 11.6 Å². The van der Waals surface area contributed by atoms with Gasteiger partial charge in [0.1, 0.15) is 28.8 Å². The van der Waals surface area contributed by atoms with Gasteiger partial charge in [0, 0.05) is 71.1 Å². The lowest BCUT2D eigenvalue weighted by Gasteiger charge is -2.21. The van der Waals surface area contributed by atoms with E-state index in [0.29, 0.717) is 133 Å². The molecule has 0 radical (unpaired) electrons. The summed E-state index contributed by atoms with van der Waals surface area (Å²) < 4.78 is 29.6. The molecule has 0 bridgehead atoms. The van der Waals surface area contributed by atoms with Gasteiger partial charge in [-0.2, -0.15) is 0 Å². The summed E-state index contributed by atoms with van der Waals surface area (Å²) in [5.41, 5.74) is 6.30. The summed E-state index contributed by atoms with van der Waals surface area (Å²) in [6, 6.07) is 6.93. The summed E-state index contributed by atoms with van der Waals surface area (Å²) >= 11 is 6.49. The van der Waals surface area contributed by atoms with Crippen molar-refractivity contribution in [3.05, 3.63) is 83.6 Å². The Bertz CT molecular complexity index is 2300. The van der Waals surface area contributed by atoms with Gasteiger partial charge in [-0.25, -0.2) is 9.97 Å². The predicted octanol–water partition coefficient (Wildman–Crippen LogP) is 5.54. The lowest BCUT2D eigenvalue weighted by atomic mass is 10.0. The van der Waals surface area contributed by atoms with Gasteiger partial charge in [0.15, 0.2) is 11.6 Å². The highest BCUT2D eigenvalue weighted by atomic mass is 35.5. The Morgan fingerprint density at radius 1 is 0.610 bits per heavy atom. The third kappa shape index (κ3) is 9.76. The van der Waals surface area contributed by atoms with Crippen LogP contribution < -0.4 is 26.5 Å². The number of benzene rings is 2. The Balaban J connectivity index is 0.000000224. The first kappa shape index (κ1) is 45.2. The molecular formula is C43H55ClN6O9. The number of Topliss-reactive ketones (excluding diaryl/α,β-unsaturated/α-hetero) is 2. The normalized spacial score (nSPS) is 13.2. The Morgan fingerprint density at radius 2 is 1.02 bits per heavy atom. The summed E-state index contributed by atoms with van der Waals surface area (Å²) in [4.78, 5) is 60.1. The van der Waals surface area contributed by atoms with E-state index in [2.05, 4.69) is 10.6 Å². The maximum absolute atomic E-state index is 13.3. The van der Waals surface area contributed by atoms with E-state index in [-0.39, 0.29) is 34.8 Å². The fourth-order valence-electron chi connectivity index (χ4n) is 7.58. The molecule has 6 rings (SSSR count). The van der Waals surface area contributed by atoms with Crippen molar-refractivity contribution in [1.29, 1.82) is 0 Å². The van der Waals surface area contributed by atoms with Gasteiger partial charge in [-0.3, -0.25) is 28.3 Å². The number of hydrogen-bond donors (Lipinski definition) is 2. The second-order valence-corrected chi connectivity index (χ2v) is 14.8. The number of hydrogen-bond acceptors (Lipinski definition) is 13. The van der Waals surface area contributed by atoms with Crippen molar-refractivity contribution in [2.75, 3.05) is 72.6 Å². The number of nitrogens with zero attached hydrogens (tertiary/aromatic N) is 4. The molecule has 0 atom stereocenters. The Labute approximate surface area is 349 Å². The van der Waals surface area contributed by atoms with E-state index in [1.807, 2.05) is 26.0 Å². The van der Waals surface area contributed by atoms with Crippen molar-refractivity contribution in [3.63, 3.8) is 0 Å². The van der Waals surface area contributed by atoms with Crippen molar-refractivity contribution < 1.29 is 33.3 Å². The molecule has 318 valence electrons. The number of carbonyl (C=O) groups is 2. The summed E-state index contributed by atoms with van der Waals surface area (Å²) in [5, 5.41) is 6.86. The van der Waals surface area contributed by atoms with Gasteiger partial charge < -0.3 is 34.3 Å². The van der Waals surface area contributed by atoms with Gasteiger partial charge in [0.2, 0.25) is 0 Å². The Hall–Kier alpha value is -4.93. The van der Waals surface area contributed by atoms with Crippen LogP contribution in [-0.2, 0) is 44.9 Å². The lowest BCUT2D eigenvalue weighted by molar-refractivity contribution is 0.0986. The minimum absolute atomic E-state index is 0.104. The molecule has 0 fully saturated rings. The maximum Gasteiger partial charge on any atom is 0.277 e. The number of aromatic nitrogens is 4. The zero-order valence-electron chi connectivity index (χ0n) is 35.4.